The van der Waals surface area contributed by atoms with Crippen molar-refractivity contribution in [2.24, 2.45) is 0 Å². The van der Waals surface area contributed by atoms with Crippen LogP contribution in [0.1, 0.15) is 48.5 Å². The maximum atomic E-state index is 13.8. The molecule has 3 aromatic carbocycles. The van der Waals surface area contributed by atoms with E-state index in [0.717, 1.165) is 35.1 Å². The third-order valence-corrected chi connectivity index (χ3v) is 6.64. The molecule has 0 bridgehead atoms. The topological polar surface area (TPSA) is 66.8 Å². The highest BCUT2D eigenvalue weighted by molar-refractivity contribution is 7.08. The number of thiophene rings is 1. The zero-order valence-electron chi connectivity index (χ0n) is 21.6. The highest BCUT2D eigenvalue weighted by atomic mass is 32.1. The molecule has 0 aliphatic carbocycles. The zero-order valence-corrected chi connectivity index (χ0v) is 21.4. The van der Waals surface area contributed by atoms with Crippen molar-refractivity contribution in [3.8, 4) is 16.9 Å². The van der Waals surface area contributed by atoms with Crippen molar-refractivity contribution < 1.29 is 20.8 Å². The molecule has 0 saturated heterocycles. The Hall–Kier alpha value is -3.90. The molecule has 4 aromatic rings. The van der Waals surface area contributed by atoms with Gasteiger partial charge in [-0.1, -0.05) is 60.7 Å². The first kappa shape index (κ1) is 24.8. The minimum Gasteiger partial charge on any atom is -0.493 e. The fourth-order valence-electron chi connectivity index (χ4n) is 3.99. The molecule has 190 valence electrons. The van der Waals surface area contributed by atoms with Crippen molar-refractivity contribution in [3.05, 3.63) is 112 Å². The fraction of sp³-hybridized carbons (Fsp3) is 0.226. The number of nitrogens with zero attached hydrogens (tertiary/aromatic N) is 1. The second kappa shape index (κ2) is 13.4. The number of para-hydroxylation sites is 1. The molecule has 1 unspecified atom stereocenters. The lowest BCUT2D eigenvalue weighted by Crippen LogP contribution is -2.30. The highest BCUT2D eigenvalue weighted by Gasteiger charge is 2.19. The number of carboxylic acids is 1. The van der Waals surface area contributed by atoms with Gasteiger partial charge in [-0.05, 0) is 71.0 Å². The van der Waals surface area contributed by atoms with Gasteiger partial charge in [0.2, 0.25) is 0 Å². The van der Waals surface area contributed by atoms with Crippen LogP contribution in [0, 0.1) is 0 Å². The number of carbonyl (C=O) groups is 2. The average molecular weight is 515 g/mol. The van der Waals surface area contributed by atoms with Gasteiger partial charge in [0, 0.05) is 30.6 Å². The second-order valence-electron chi connectivity index (χ2n) is 8.72. The monoisotopic (exact) mass is 514 g/mol. The summed E-state index contributed by atoms with van der Waals surface area (Å²) in [5.74, 6) is -0.351. The van der Waals surface area contributed by atoms with Gasteiger partial charge in [-0.2, -0.15) is 11.3 Å². The maximum Gasteiger partial charge on any atom is 0.303 e. The van der Waals surface area contributed by atoms with Gasteiger partial charge in [0.05, 0.1) is 7.98 Å². The highest BCUT2D eigenvalue weighted by Crippen LogP contribution is 2.25. The van der Waals surface area contributed by atoms with Crippen molar-refractivity contribution in [3.63, 3.8) is 0 Å². The largest absolute Gasteiger partial charge is 0.493 e. The third-order valence-electron chi connectivity index (χ3n) is 5.96. The van der Waals surface area contributed by atoms with Crippen LogP contribution in [-0.4, -0.2) is 28.5 Å². The minimum atomic E-state index is -0.899. The number of hydrogen-bond donors (Lipinski definition) is 1. The molecule has 1 amide bonds. The molecule has 4 rings (SSSR count). The van der Waals surface area contributed by atoms with Gasteiger partial charge in [0.25, 0.3) is 5.91 Å². The molecule has 1 N–H and O–H groups in total. The van der Waals surface area contributed by atoms with Crippen molar-refractivity contribution >= 4 is 23.2 Å². The van der Waals surface area contributed by atoms with E-state index in [0.29, 0.717) is 24.3 Å². The SMILES string of the molecule is [2H]C(c1ccccc1)N(Cc1ccccc1OCCCCCC(=O)O)C(=O)c1ccc(-c2ccsc2)cc1. The Labute approximate surface area is 223 Å². The van der Waals surface area contributed by atoms with Gasteiger partial charge in [0.1, 0.15) is 5.75 Å². The summed E-state index contributed by atoms with van der Waals surface area (Å²) < 4.78 is 15.0. The smallest absolute Gasteiger partial charge is 0.303 e. The van der Waals surface area contributed by atoms with Crippen LogP contribution in [0.3, 0.4) is 0 Å². The summed E-state index contributed by atoms with van der Waals surface area (Å²) in [6, 6.07) is 26.5. The first-order valence-electron chi connectivity index (χ1n) is 12.9. The maximum absolute atomic E-state index is 13.8. The van der Waals surface area contributed by atoms with E-state index >= 15 is 0 Å². The van der Waals surface area contributed by atoms with Crippen molar-refractivity contribution in [2.75, 3.05) is 6.61 Å². The van der Waals surface area contributed by atoms with Crippen LogP contribution in [0.4, 0.5) is 0 Å². The first-order chi connectivity index (χ1) is 18.5. The molecule has 37 heavy (non-hydrogen) atoms. The number of unbranched alkanes of at least 4 members (excludes halogenated alkanes) is 2. The molecule has 0 radical (unpaired) electrons. The number of amides is 1. The summed E-state index contributed by atoms with van der Waals surface area (Å²) in [4.78, 5) is 26.0. The Morgan fingerprint density at radius 3 is 2.35 bits per heavy atom. The lowest BCUT2D eigenvalue weighted by molar-refractivity contribution is -0.137. The van der Waals surface area contributed by atoms with Gasteiger partial charge in [-0.15, -0.1) is 0 Å². The standard InChI is InChI=1S/C31H31NO4S/c33-30(34)13-5-2-8-19-36-29-12-7-6-11-27(29)22-32(21-24-9-3-1-4-10-24)31(35)26-16-14-25(15-17-26)28-18-20-37-23-28/h1,3-4,6-7,9-12,14-18,20,23H,2,5,8,13,19,21-22H2,(H,33,34)/i21D. The van der Waals surface area contributed by atoms with Crippen LogP contribution >= 0.6 is 11.3 Å². The van der Waals surface area contributed by atoms with E-state index in [1.165, 1.54) is 0 Å². The average Bonchev–Trinajstić information content (AvgIpc) is 3.49. The number of carboxylic acid groups (broad SMARTS) is 1. The van der Waals surface area contributed by atoms with Gasteiger partial charge in [-0.25, -0.2) is 0 Å². The molecular weight excluding hydrogens is 482 g/mol. The molecule has 0 spiro atoms. The van der Waals surface area contributed by atoms with E-state index in [1.807, 2.05) is 90.3 Å². The Morgan fingerprint density at radius 2 is 1.62 bits per heavy atom. The third kappa shape index (κ3) is 7.79. The molecule has 0 aliphatic heterocycles. The normalized spacial score (nSPS) is 11.9. The van der Waals surface area contributed by atoms with Crippen LogP contribution < -0.4 is 4.74 Å². The summed E-state index contributed by atoms with van der Waals surface area (Å²) in [5, 5.41) is 12.9. The minimum absolute atomic E-state index is 0.159. The van der Waals surface area contributed by atoms with Gasteiger partial charge >= 0.3 is 5.97 Å². The van der Waals surface area contributed by atoms with E-state index in [4.69, 9.17) is 11.2 Å². The molecule has 0 fully saturated rings. The summed E-state index contributed by atoms with van der Waals surface area (Å²) in [6.07, 6.45) is 2.28. The predicted octanol–water partition coefficient (Wildman–Crippen LogP) is 7.28. The van der Waals surface area contributed by atoms with E-state index < -0.39 is 12.5 Å². The lowest BCUT2D eigenvalue weighted by atomic mass is 10.1. The summed E-state index contributed by atoms with van der Waals surface area (Å²) in [7, 11) is 0. The van der Waals surface area contributed by atoms with E-state index in [2.05, 4.69) is 5.38 Å². The van der Waals surface area contributed by atoms with Crippen molar-refractivity contribution in [1.82, 2.24) is 4.90 Å². The first-order valence-corrected chi connectivity index (χ1v) is 13.3. The summed E-state index contributed by atoms with van der Waals surface area (Å²) in [5.41, 5.74) is 4.22. The number of rotatable bonds is 13. The summed E-state index contributed by atoms with van der Waals surface area (Å²) in [6.45, 7) is -0.231. The van der Waals surface area contributed by atoms with E-state index in [9.17, 15) is 9.59 Å². The Kier molecular flexibility index (Phi) is 8.99. The van der Waals surface area contributed by atoms with Gasteiger partial charge in [0.15, 0.2) is 0 Å². The molecule has 6 heteroatoms. The second-order valence-corrected chi connectivity index (χ2v) is 9.50. The Bertz CT molecular complexity index is 1310. The number of aliphatic carboxylic acids is 1. The molecule has 1 aromatic heterocycles. The van der Waals surface area contributed by atoms with E-state index in [-0.39, 0.29) is 18.9 Å². The molecule has 0 aliphatic rings. The summed E-state index contributed by atoms with van der Waals surface area (Å²) >= 11 is 1.63. The molecule has 5 nitrogen and oxygen atoms in total. The van der Waals surface area contributed by atoms with Crippen LogP contribution in [-0.2, 0) is 17.9 Å². The predicted molar refractivity (Wildman–Crippen MR) is 148 cm³/mol. The van der Waals surface area contributed by atoms with Gasteiger partial charge < -0.3 is 14.7 Å². The quantitative estimate of drug-likeness (QED) is 0.190. The van der Waals surface area contributed by atoms with Gasteiger partial charge in [-0.3, -0.25) is 9.59 Å². The van der Waals surface area contributed by atoms with Crippen LogP contribution in [0.25, 0.3) is 11.1 Å². The number of ether oxygens (including phenoxy) is 1. The molecule has 1 atom stereocenters. The molecule has 1 heterocycles. The number of hydrogen-bond acceptors (Lipinski definition) is 4. The van der Waals surface area contributed by atoms with Crippen molar-refractivity contribution in [1.29, 1.82) is 0 Å². The van der Waals surface area contributed by atoms with Crippen LogP contribution in [0.2, 0.25) is 0 Å². The number of benzene rings is 3. The Balaban J connectivity index is 1.53. The zero-order chi connectivity index (χ0) is 26.7. The molecule has 0 saturated carbocycles. The van der Waals surface area contributed by atoms with Crippen LogP contribution in [0.15, 0.2) is 95.7 Å². The lowest BCUT2D eigenvalue weighted by Gasteiger charge is -2.24. The van der Waals surface area contributed by atoms with E-state index in [1.54, 1.807) is 16.2 Å². The molecular formula is C31H31NO4S. The Morgan fingerprint density at radius 1 is 0.865 bits per heavy atom. The van der Waals surface area contributed by atoms with Crippen molar-refractivity contribution in [2.45, 2.75) is 38.7 Å². The fourth-order valence-corrected chi connectivity index (χ4v) is 4.66. The van der Waals surface area contributed by atoms with Crippen LogP contribution in [0.5, 0.6) is 5.75 Å². The number of carbonyl (C=O) groups excluding carboxylic acids is 1.